The molecular weight excluding hydrogens is 220 g/mol. The summed E-state index contributed by atoms with van der Waals surface area (Å²) in [6.45, 7) is 9.87. The first-order chi connectivity index (χ1) is 8.48. The van der Waals surface area contributed by atoms with Crippen molar-refractivity contribution in [1.82, 2.24) is 10.3 Å². The number of hydrogen-bond donors (Lipinski definition) is 1. The average molecular weight is 242 g/mol. The van der Waals surface area contributed by atoms with Crippen LogP contribution in [-0.4, -0.2) is 11.0 Å². The van der Waals surface area contributed by atoms with Crippen LogP contribution in [0.25, 0.3) is 10.9 Å². The van der Waals surface area contributed by atoms with Gasteiger partial charge in [0.2, 0.25) is 0 Å². The Hall–Kier alpha value is -1.41. The minimum Gasteiger partial charge on any atom is -0.310 e. The molecule has 0 bridgehead atoms. The SMILES string of the molecule is CC(NCc1cccc2cccnc12)C(C)(C)C. The summed E-state index contributed by atoms with van der Waals surface area (Å²) >= 11 is 0. The highest BCUT2D eigenvalue weighted by atomic mass is 14.9. The van der Waals surface area contributed by atoms with Crippen LogP contribution < -0.4 is 5.32 Å². The number of para-hydroxylation sites is 1. The predicted molar refractivity (Wildman–Crippen MR) is 77.5 cm³/mol. The first kappa shape index (κ1) is 13.0. The molecule has 96 valence electrons. The molecule has 1 heterocycles. The molecule has 1 atom stereocenters. The molecule has 0 amide bonds. The Balaban J connectivity index is 2.18. The number of aromatic nitrogens is 1. The van der Waals surface area contributed by atoms with E-state index in [-0.39, 0.29) is 5.41 Å². The summed E-state index contributed by atoms with van der Waals surface area (Å²) in [4.78, 5) is 4.48. The molecular formula is C16H22N2. The molecule has 18 heavy (non-hydrogen) atoms. The van der Waals surface area contributed by atoms with Gasteiger partial charge in [0.05, 0.1) is 5.52 Å². The van der Waals surface area contributed by atoms with E-state index >= 15 is 0 Å². The lowest BCUT2D eigenvalue weighted by Gasteiger charge is -2.28. The molecule has 0 fully saturated rings. The van der Waals surface area contributed by atoms with Gasteiger partial charge in [0.1, 0.15) is 0 Å². The van der Waals surface area contributed by atoms with Crippen molar-refractivity contribution in [3.05, 3.63) is 42.1 Å². The van der Waals surface area contributed by atoms with Crippen molar-refractivity contribution >= 4 is 10.9 Å². The van der Waals surface area contributed by atoms with Gasteiger partial charge < -0.3 is 5.32 Å². The van der Waals surface area contributed by atoms with Crippen molar-refractivity contribution in [3.8, 4) is 0 Å². The molecule has 0 saturated carbocycles. The van der Waals surface area contributed by atoms with Crippen molar-refractivity contribution in [2.45, 2.75) is 40.3 Å². The smallest absolute Gasteiger partial charge is 0.0746 e. The standard InChI is InChI=1S/C16H22N2/c1-12(16(2,3)4)18-11-14-8-5-7-13-9-6-10-17-15(13)14/h5-10,12,18H,11H2,1-4H3. The summed E-state index contributed by atoms with van der Waals surface area (Å²) in [6.07, 6.45) is 1.86. The van der Waals surface area contributed by atoms with Gasteiger partial charge in [-0.25, -0.2) is 0 Å². The predicted octanol–water partition coefficient (Wildman–Crippen LogP) is 3.76. The molecule has 1 unspecified atom stereocenters. The number of nitrogens with one attached hydrogen (secondary N) is 1. The lowest BCUT2D eigenvalue weighted by atomic mass is 9.88. The largest absolute Gasteiger partial charge is 0.310 e. The summed E-state index contributed by atoms with van der Waals surface area (Å²) in [5, 5.41) is 4.80. The van der Waals surface area contributed by atoms with Crippen LogP contribution >= 0.6 is 0 Å². The van der Waals surface area contributed by atoms with Gasteiger partial charge in [-0.3, -0.25) is 4.98 Å². The molecule has 1 aromatic carbocycles. The molecule has 2 aromatic rings. The highest BCUT2D eigenvalue weighted by molar-refractivity contribution is 5.81. The van der Waals surface area contributed by atoms with Gasteiger partial charge >= 0.3 is 0 Å². The molecule has 0 aliphatic carbocycles. The molecule has 1 N–H and O–H groups in total. The van der Waals surface area contributed by atoms with Crippen LogP contribution in [0.5, 0.6) is 0 Å². The van der Waals surface area contributed by atoms with Crippen molar-refractivity contribution < 1.29 is 0 Å². The second kappa shape index (κ2) is 5.07. The van der Waals surface area contributed by atoms with Gasteiger partial charge in [-0.1, -0.05) is 45.0 Å². The van der Waals surface area contributed by atoms with Crippen LogP contribution in [0.3, 0.4) is 0 Å². The van der Waals surface area contributed by atoms with Gasteiger partial charge in [0, 0.05) is 24.2 Å². The van der Waals surface area contributed by atoms with Crippen LogP contribution in [0.1, 0.15) is 33.3 Å². The molecule has 2 rings (SSSR count). The minimum atomic E-state index is 0.276. The number of hydrogen-bond acceptors (Lipinski definition) is 2. The number of rotatable bonds is 3. The van der Waals surface area contributed by atoms with Crippen molar-refractivity contribution in [2.24, 2.45) is 5.41 Å². The third-order valence-corrected chi connectivity index (χ3v) is 3.61. The van der Waals surface area contributed by atoms with E-state index in [0.29, 0.717) is 6.04 Å². The summed E-state index contributed by atoms with van der Waals surface area (Å²) in [7, 11) is 0. The second-order valence-corrected chi connectivity index (χ2v) is 5.96. The highest BCUT2D eigenvalue weighted by Crippen LogP contribution is 2.20. The number of benzene rings is 1. The highest BCUT2D eigenvalue weighted by Gasteiger charge is 2.19. The molecule has 0 aliphatic rings. The molecule has 0 radical (unpaired) electrons. The Labute approximate surface area is 109 Å². The van der Waals surface area contributed by atoms with E-state index < -0.39 is 0 Å². The molecule has 2 heteroatoms. The van der Waals surface area contributed by atoms with Gasteiger partial charge in [-0.15, -0.1) is 0 Å². The minimum absolute atomic E-state index is 0.276. The topological polar surface area (TPSA) is 24.9 Å². The van der Waals surface area contributed by atoms with Crippen molar-refractivity contribution in [2.75, 3.05) is 0 Å². The molecule has 0 spiro atoms. The Morgan fingerprint density at radius 2 is 1.89 bits per heavy atom. The summed E-state index contributed by atoms with van der Waals surface area (Å²) < 4.78 is 0. The summed E-state index contributed by atoms with van der Waals surface area (Å²) in [5.74, 6) is 0. The van der Waals surface area contributed by atoms with Gasteiger partial charge in [-0.2, -0.15) is 0 Å². The zero-order chi connectivity index (χ0) is 13.2. The Morgan fingerprint density at radius 3 is 2.61 bits per heavy atom. The Morgan fingerprint density at radius 1 is 1.17 bits per heavy atom. The molecule has 0 aliphatic heterocycles. The van der Waals surface area contributed by atoms with E-state index in [0.717, 1.165) is 12.1 Å². The molecule has 1 aromatic heterocycles. The number of pyridine rings is 1. The van der Waals surface area contributed by atoms with Gasteiger partial charge in [-0.05, 0) is 24.0 Å². The third-order valence-electron chi connectivity index (χ3n) is 3.61. The first-order valence-electron chi connectivity index (χ1n) is 6.54. The quantitative estimate of drug-likeness (QED) is 0.886. The summed E-state index contributed by atoms with van der Waals surface area (Å²) in [5.41, 5.74) is 2.65. The lowest BCUT2D eigenvalue weighted by Crippen LogP contribution is -2.37. The van der Waals surface area contributed by atoms with Crippen LogP contribution in [0.2, 0.25) is 0 Å². The number of fused-ring (bicyclic) bond motifs is 1. The average Bonchev–Trinajstić information content (AvgIpc) is 2.34. The van der Waals surface area contributed by atoms with Gasteiger partial charge in [0.25, 0.3) is 0 Å². The monoisotopic (exact) mass is 242 g/mol. The maximum absolute atomic E-state index is 4.48. The maximum Gasteiger partial charge on any atom is 0.0746 e. The Bertz CT molecular complexity index is 521. The van der Waals surface area contributed by atoms with E-state index in [9.17, 15) is 0 Å². The fourth-order valence-electron chi connectivity index (χ4n) is 1.88. The Kier molecular flexibility index (Phi) is 3.67. The fraction of sp³-hybridized carbons (Fsp3) is 0.438. The van der Waals surface area contributed by atoms with Gasteiger partial charge in [0.15, 0.2) is 0 Å². The maximum atomic E-state index is 4.48. The molecule has 2 nitrogen and oxygen atoms in total. The van der Waals surface area contributed by atoms with Crippen LogP contribution in [-0.2, 0) is 6.54 Å². The summed E-state index contributed by atoms with van der Waals surface area (Å²) in [6, 6.07) is 10.9. The molecule has 0 saturated heterocycles. The van der Waals surface area contributed by atoms with E-state index in [1.165, 1.54) is 10.9 Å². The zero-order valence-electron chi connectivity index (χ0n) is 11.7. The number of nitrogens with zero attached hydrogens (tertiary/aromatic N) is 1. The van der Waals surface area contributed by atoms with E-state index in [2.05, 4.69) is 62.3 Å². The van der Waals surface area contributed by atoms with Crippen molar-refractivity contribution in [3.63, 3.8) is 0 Å². The second-order valence-electron chi connectivity index (χ2n) is 5.96. The van der Waals surface area contributed by atoms with E-state index in [1.54, 1.807) is 0 Å². The van der Waals surface area contributed by atoms with Crippen molar-refractivity contribution in [1.29, 1.82) is 0 Å². The third kappa shape index (κ3) is 2.88. The lowest BCUT2D eigenvalue weighted by molar-refractivity contribution is 0.285. The fourth-order valence-corrected chi connectivity index (χ4v) is 1.88. The first-order valence-corrected chi connectivity index (χ1v) is 6.54. The normalized spacial score (nSPS) is 13.8. The van der Waals surface area contributed by atoms with Crippen LogP contribution in [0.15, 0.2) is 36.5 Å². The van der Waals surface area contributed by atoms with Crippen LogP contribution in [0.4, 0.5) is 0 Å². The van der Waals surface area contributed by atoms with Crippen LogP contribution in [0, 0.1) is 5.41 Å². The van der Waals surface area contributed by atoms with E-state index in [1.807, 2.05) is 12.3 Å². The zero-order valence-corrected chi connectivity index (χ0v) is 11.7. The van der Waals surface area contributed by atoms with E-state index in [4.69, 9.17) is 0 Å².